The topological polar surface area (TPSA) is 58.1 Å². The van der Waals surface area contributed by atoms with E-state index in [0.29, 0.717) is 6.04 Å². The summed E-state index contributed by atoms with van der Waals surface area (Å²) in [6.07, 6.45) is 11.5. The van der Waals surface area contributed by atoms with Crippen molar-refractivity contribution in [3.63, 3.8) is 0 Å². The summed E-state index contributed by atoms with van der Waals surface area (Å²) in [4.78, 5) is 25.5. The van der Waals surface area contributed by atoms with Gasteiger partial charge in [-0.05, 0) is 44.7 Å². The first kappa shape index (κ1) is 20.2. The van der Waals surface area contributed by atoms with Crippen molar-refractivity contribution in [3.05, 3.63) is 42.2 Å². The standard InChI is InChI=1S/C23H30N4OS/c1-17-9-11-20(12-10-17)29-23-21(24-13-14-25-23)27-15-5-6-18(16-27)22(28)26-19-7-3-2-4-8-19/h9-14,18-19H,2-8,15-16H2,1H3,(H,26,28)/t18-/m0/s1. The van der Waals surface area contributed by atoms with E-state index in [2.05, 4.69) is 51.4 Å². The molecule has 1 N–H and O–H groups in total. The molecule has 0 spiro atoms. The Kier molecular flexibility index (Phi) is 6.70. The number of amides is 1. The minimum Gasteiger partial charge on any atom is -0.354 e. The lowest BCUT2D eigenvalue weighted by Crippen LogP contribution is -2.46. The Labute approximate surface area is 177 Å². The normalized spacial score (nSPS) is 20.4. The van der Waals surface area contributed by atoms with Crippen molar-refractivity contribution in [3.8, 4) is 0 Å². The van der Waals surface area contributed by atoms with E-state index < -0.39 is 0 Å². The highest BCUT2D eigenvalue weighted by Crippen LogP contribution is 2.34. The zero-order chi connectivity index (χ0) is 20.1. The van der Waals surface area contributed by atoms with Gasteiger partial charge in [0.15, 0.2) is 5.82 Å². The van der Waals surface area contributed by atoms with Gasteiger partial charge in [0.2, 0.25) is 5.91 Å². The van der Waals surface area contributed by atoms with Gasteiger partial charge >= 0.3 is 0 Å². The van der Waals surface area contributed by atoms with Gasteiger partial charge in [-0.1, -0.05) is 48.7 Å². The number of nitrogens with zero attached hydrogens (tertiary/aromatic N) is 3. The van der Waals surface area contributed by atoms with Crippen LogP contribution >= 0.6 is 11.8 Å². The predicted molar refractivity (Wildman–Crippen MR) is 117 cm³/mol. The van der Waals surface area contributed by atoms with Crippen LogP contribution in [-0.4, -0.2) is 35.0 Å². The van der Waals surface area contributed by atoms with E-state index in [1.54, 1.807) is 24.2 Å². The lowest BCUT2D eigenvalue weighted by Gasteiger charge is -2.34. The average Bonchev–Trinajstić information content (AvgIpc) is 2.76. The van der Waals surface area contributed by atoms with Crippen molar-refractivity contribution in [1.82, 2.24) is 15.3 Å². The third-order valence-electron chi connectivity index (χ3n) is 5.93. The molecule has 1 amide bonds. The van der Waals surface area contributed by atoms with Crippen molar-refractivity contribution in [2.75, 3.05) is 18.0 Å². The highest BCUT2D eigenvalue weighted by Gasteiger charge is 2.29. The van der Waals surface area contributed by atoms with Crippen LogP contribution in [0.5, 0.6) is 0 Å². The molecule has 1 aliphatic heterocycles. The van der Waals surface area contributed by atoms with E-state index in [4.69, 9.17) is 0 Å². The molecular formula is C23H30N4OS. The highest BCUT2D eigenvalue weighted by molar-refractivity contribution is 7.99. The summed E-state index contributed by atoms with van der Waals surface area (Å²) in [5.41, 5.74) is 1.25. The number of hydrogen-bond donors (Lipinski definition) is 1. The Morgan fingerprint density at radius 1 is 1.03 bits per heavy atom. The van der Waals surface area contributed by atoms with E-state index in [1.165, 1.54) is 24.8 Å². The van der Waals surface area contributed by atoms with Gasteiger partial charge in [-0.2, -0.15) is 0 Å². The van der Waals surface area contributed by atoms with Crippen LogP contribution in [0, 0.1) is 12.8 Å². The first-order valence-corrected chi connectivity index (χ1v) is 11.6. The van der Waals surface area contributed by atoms with Crippen LogP contribution in [0.2, 0.25) is 0 Å². The number of piperidine rings is 1. The Balaban J connectivity index is 1.44. The number of aromatic nitrogens is 2. The van der Waals surface area contributed by atoms with E-state index in [9.17, 15) is 4.79 Å². The Hall–Kier alpha value is -2.08. The van der Waals surface area contributed by atoms with E-state index in [1.807, 2.05) is 0 Å². The van der Waals surface area contributed by atoms with Crippen LogP contribution in [0.15, 0.2) is 46.6 Å². The van der Waals surface area contributed by atoms with Crippen LogP contribution in [0.3, 0.4) is 0 Å². The maximum absolute atomic E-state index is 12.9. The minimum atomic E-state index is 0.0323. The monoisotopic (exact) mass is 410 g/mol. The third kappa shape index (κ3) is 5.30. The van der Waals surface area contributed by atoms with Crippen LogP contribution in [0.1, 0.15) is 50.5 Å². The fourth-order valence-corrected chi connectivity index (χ4v) is 5.16. The number of aryl methyl sites for hydroxylation is 1. The van der Waals surface area contributed by atoms with E-state index in [0.717, 1.165) is 54.5 Å². The third-order valence-corrected chi connectivity index (χ3v) is 6.91. The summed E-state index contributed by atoms with van der Waals surface area (Å²) in [6, 6.07) is 8.84. The lowest BCUT2D eigenvalue weighted by atomic mass is 9.93. The molecule has 4 rings (SSSR count). The second-order valence-corrected chi connectivity index (χ2v) is 9.29. The van der Waals surface area contributed by atoms with Crippen molar-refractivity contribution >= 4 is 23.5 Å². The molecular weight excluding hydrogens is 380 g/mol. The fraction of sp³-hybridized carbons (Fsp3) is 0.522. The van der Waals surface area contributed by atoms with Gasteiger partial charge in [-0.3, -0.25) is 4.79 Å². The number of anilines is 1. The summed E-state index contributed by atoms with van der Waals surface area (Å²) in [5, 5.41) is 4.22. The van der Waals surface area contributed by atoms with Gasteiger partial charge in [-0.15, -0.1) is 0 Å². The van der Waals surface area contributed by atoms with Gasteiger partial charge in [0.1, 0.15) is 5.03 Å². The van der Waals surface area contributed by atoms with Crippen LogP contribution in [0.4, 0.5) is 5.82 Å². The molecule has 1 saturated carbocycles. The van der Waals surface area contributed by atoms with Gasteiger partial charge in [0, 0.05) is 36.4 Å². The largest absolute Gasteiger partial charge is 0.354 e. The molecule has 2 aromatic rings. The molecule has 1 aromatic carbocycles. The first-order valence-electron chi connectivity index (χ1n) is 10.8. The second-order valence-electron chi connectivity index (χ2n) is 8.23. The van der Waals surface area contributed by atoms with Gasteiger partial charge in [0.25, 0.3) is 0 Å². The van der Waals surface area contributed by atoms with Crippen LogP contribution in [0.25, 0.3) is 0 Å². The number of carbonyl (C=O) groups excluding carboxylic acids is 1. The van der Waals surface area contributed by atoms with Gasteiger partial charge in [0.05, 0.1) is 5.92 Å². The Morgan fingerprint density at radius 3 is 2.59 bits per heavy atom. The summed E-state index contributed by atoms with van der Waals surface area (Å²) >= 11 is 1.64. The average molecular weight is 411 g/mol. The number of carbonyl (C=O) groups is 1. The Bertz CT molecular complexity index is 820. The fourth-order valence-electron chi connectivity index (χ4n) is 4.27. The smallest absolute Gasteiger partial charge is 0.225 e. The molecule has 0 radical (unpaired) electrons. The molecule has 2 heterocycles. The molecule has 5 nitrogen and oxygen atoms in total. The molecule has 29 heavy (non-hydrogen) atoms. The summed E-state index contributed by atoms with van der Waals surface area (Å²) in [6.45, 7) is 3.74. The number of rotatable bonds is 5. The number of benzene rings is 1. The molecule has 1 aliphatic carbocycles. The molecule has 1 aromatic heterocycles. The zero-order valence-electron chi connectivity index (χ0n) is 17.1. The zero-order valence-corrected chi connectivity index (χ0v) is 18.0. The van der Waals surface area contributed by atoms with Gasteiger partial charge < -0.3 is 10.2 Å². The molecule has 2 aliphatic rings. The molecule has 2 fully saturated rings. The summed E-state index contributed by atoms with van der Waals surface area (Å²) in [5.74, 6) is 1.15. The minimum absolute atomic E-state index is 0.0323. The van der Waals surface area contributed by atoms with E-state index >= 15 is 0 Å². The summed E-state index contributed by atoms with van der Waals surface area (Å²) < 4.78 is 0. The Morgan fingerprint density at radius 2 is 1.79 bits per heavy atom. The molecule has 0 unspecified atom stereocenters. The first-order chi connectivity index (χ1) is 14.2. The molecule has 154 valence electrons. The lowest BCUT2D eigenvalue weighted by molar-refractivity contribution is -0.126. The van der Waals surface area contributed by atoms with Crippen molar-refractivity contribution < 1.29 is 4.79 Å². The van der Waals surface area contributed by atoms with Crippen LogP contribution < -0.4 is 10.2 Å². The van der Waals surface area contributed by atoms with Crippen molar-refractivity contribution in [1.29, 1.82) is 0 Å². The molecule has 1 atom stereocenters. The van der Waals surface area contributed by atoms with Gasteiger partial charge in [-0.25, -0.2) is 9.97 Å². The van der Waals surface area contributed by atoms with Crippen molar-refractivity contribution in [2.45, 2.75) is 67.8 Å². The molecule has 0 bridgehead atoms. The maximum Gasteiger partial charge on any atom is 0.225 e. The maximum atomic E-state index is 12.9. The van der Waals surface area contributed by atoms with E-state index in [-0.39, 0.29) is 11.8 Å². The number of hydrogen-bond acceptors (Lipinski definition) is 5. The predicted octanol–water partition coefficient (Wildman–Crippen LogP) is 4.60. The summed E-state index contributed by atoms with van der Waals surface area (Å²) in [7, 11) is 0. The second kappa shape index (κ2) is 9.61. The molecule has 1 saturated heterocycles. The highest BCUT2D eigenvalue weighted by atomic mass is 32.2. The SMILES string of the molecule is Cc1ccc(Sc2nccnc2N2CCC[C@H](C(=O)NC3CCCCC3)C2)cc1. The van der Waals surface area contributed by atoms with Crippen LogP contribution in [-0.2, 0) is 4.79 Å². The molecule has 6 heteroatoms. The van der Waals surface area contributed by atoms with Crippen molar-refractivity contribution in [2.24, 2.45) is 5.92 Å². The quantitative estimate of drug-likeness (QED) is 0.780. The number of nitrogens with one attached hydrogen (secondary N) is 1.